The third-order valence-electron chi connectivity index (χ3n) is 3.41. The highest BCUT2D eigenvalue weighted by molar-refractivity contribution is 5.50. The molecule has 1 fully saturated rings. The van der Waals surface area contributed by atoms with Crippen LogP contribution >= 0.6 is 0 Å². The second kappa shape index (κ2) is 6.98. The highest BCUT2D eigenvalue weighted by Crippen LogP contribution is 2.18. The Kier molecular flexibility index (Phi) is 4.99. The first kappa shape index (κ1) is 12.9. The number of carbonyl (C=O) groups excluding carboxylic acids is 1. The number of hydrogen-bond donors (Lipinski definition) is 0. The Morgan fingerprint density at radius 1 is 1.28 bits per heavy atom. The van der Waals surface area contributed by atoms with Gasteiger partial charge in [-0.15, -0.1) is 0 Å². The molecule has 2 nitrogen and oxygen atoms in total. The Labute approximate surface area is 109 Å². The van der Waals surface area contributed by atoms with E-state index in [9.17, 15) is 4.79 Å². The van der Waals surface area contributed by atoms with Crippen LogP contribution in [0.2, 0.25) is 0 Å². The van der Waals surface area contributed by atoms with E-state index in [1.165, 1.54) is 12.8 Å². The van der Waals surface area contributed by atoms with Gasteiger partial charge in [0, 0.05) is 18.0 Å². The van der Waals surface area contributed by atoms with Crippen LogP contribution in [0, 0.1) is 11.8 Å². The zero-order chi connectivity index (χ0) is 12.6. The number of carbonyl (C=O) groups is 1. The molecule has 0 saturated carbocycles. The molecule has 1 atom stereocenters. The Hall–Kier alpha value is -1.59. The predicted octanol–water partition coefficient (Wildman–Crippen LogP) is 2.48. The molecule has 94 valence electrons. The van der Waals surface area contributed by atoms with Crippen LogP contribution in [-0.2, 0) is 4.79 Å². The fraction of sp³-hybridized carbons (Fsp3) is 0.438. The monoisotopic (exact) mass is 241 g/mol. The molecule has 0 unspecified atom stereocenters. The van der Waals surface area contributed by atoms with E-state index in [1.807, 2.05) is 30.3 Å². The van der Waals surface area contributed by atoms with Crippen molar-refractivity contribution < 1.29 is 4.79 Å². The van der Waals surface area contributed by atoms with Gasteiger partial charge >= 0.3 is 0 Å². The first-order valence-corrected chi connectivity index (χ1v) is 6.62. The summed E-state index contributed by atoms with van der Waals surface area (Å²) in [5.41, 5.74) is 1.06. The van der Waals surface area contributed by atoms with Gasteiger partial charge in [0.05, 0.1) is 6.54 Å². The number of likely N-dealkylation sites (tertiary alicyclic amines) is 1. The molecular formula is C16H19NO. The number of benzene rings is 1. The molecule has 2 heteroatoms. The SMILES string of the molecule is O=CC[C@@H]1CCCCN1CC#Cc1ccccc1. The largest absolute Gasteiger partial charge is 0.303 e. The highest BCUT2D eigenvalue weighted by atomic mass is 16.1. The third-order valence-corrected chi connectivity index (χ3v) is 3.41. The molecule has 0 bridgehead atoms. The lowest BCUT2D eigenvalue weighted by Crippen LogP contribution is -2.39. The number of nitrogens with zero attached hydrogens (tertiary/aromatic N) is 1. The summed E-state index contributed by atoms with van der Waals surface area (Å²) in [7, 11) is 0. The normalized spacial score (nSPS) is 19.9. The summed E-state index contributed by atoms with van der Waals surface area (Å²) < 4.78 is 0. The van der Waals surface area contributed by atoms with E-state index in [0.717, 1.165) is 31.4 Å². The minimum absolute atomic E-state index is 0.404. The second-order valence-electron chi connectivity index (χ2n) is 4.69. The van der Waals surface area contributed by atoms with Crippen LogP contribution in [0.1, 0.15) is 31.2 Å². The molecule has 1 aromatic carbocycles. The van der Waals surface area contributed by atoms with E-state index < -0.39 is 0 Å². The van der Waals surface area contributed by atoms with Crippen molar-refractivity contribution in [2.45, 2.75) is 31.7 Å². The van der Waals surface area contributed by atoms with Crippen molar-refractivity contribution in [3.05, 3.63) is 35.9 Å². The van der Waals surface area contributed by atoms with E-state index in [0.29, 0.717) is 12.5 Å². The van der Waals surface area contributed by atoms with Gasteiger partial charge in [-0.3, -0.25) is 4.90 Å². The first-order valence-electron chi connectivity index (χ1n) is 6.62. The Morgan fingerprint density at radius 2 is 2.11 bits per heavy atom. The third kappa shape index (κ3) is 3.72. The van der Waals surface area contributed by atoms with E-state index >= 15 is 0 Å². The minimum atomic E-state index is 0.404. The smallest absolute Gasteiger partial charge is 0.121 e. The van der Waals surface area contributed by atoms with E-state index in [2.05, 4.69) is 16.7 Å². The molecule has 18 heavy (non-hydrogen) atoms. The van der Waals surface area contributed by atoms with Gasteiger partial charge in [-0.25, -0.2) is 0 Å². The van der Waals surface area contributed by atoms with E-state index in [1.54, 1.807) is 0 Å². The second-order valence-corrected chi connectivity index (χ2v) is 4.69. The fourth-order valence-corrected chi connectivity index (χ4v) is 2.41. The number of rotatable bonds is 3. The van der Waals surface area contributed by atoms with Gasteiger partial charge in [-0.1, -0.05) is 36.5 Å². The minimum Gasteiger partial charge on any atom is -0.303 e. The summed E-state index contributed by atoms with van der Waals surface area (Å²) in [5.74, 6) is 6.39. The highest BCUT2D eigenvalue weighted by Gasteiger charge is 2.20. The van der Waals surface area contributed by atoms with Gasteiger partial charge < -0.3 is 4.79 Å². The Balaban J connectivity index is 1.92. The van der Waals surface area contributed by atoms with Crippen LogP contribution in [0.5, 0.6) is 0 Å². The molecule has 0 spiro atoms. The van der Waals surface area contributed by atoms with E-state index in [-0.39, 0.29) is 0 Å². The summed E-state index contributed by atoms with van der Waals surface area (Å²) in [6, 6.07) is 10.4. The van der Waals surface area contributed by atoms with Gasteiger partial charge in [0.25, 0.3) is 0 Å². The van der Waals surface area contributed by atoms with Gasteiger partial charge in [-0.05, 0) is 31.5 Å². The van der Waals surface area contributed by atoms with Crippen molar-refractivity contribution in [3.8, 4) is 11.8 Å². The maximum atomic E-state index is 10.7. The van der Waals surface area contributed by atoms with Crippen molar-refractivity contribution in [1.29, 1.82) is 0 Å². The van der Waals surface area contributed by atoms with Crippen LogP contribution in [0.4, 0.5) is 0 Å². The maximum Gasteiger partial charge on any atom is 0.121 e. The molecule has 0 aromatic heterocycles. The molecule has 1 heterocycles. The van der Waals surface area contributed by atoms with Gasteiger partial charge in [0.1, 0.15) is 6.29 Å². The molecule has 0 amide bonds. The predicted molar refractivity (Wildman–Crippen MR) is 73.2 cm³/mol. The average Bonchev–Trinajstić information content (AvgIpc) is 2.42. The molecule has 0 aliphatic carbocycles. The summed E-state index contributed by atoms with van der Waals surface area (Å²) in [4.78, 5) is 13.0. The zero-order valence-corrected chi connectivity index (χ0v) is 10.6. The zero-order valence-electron chi connectivity index (χ0n) is 10.6. The molecule has 2 rings (SSSR count). The average molecular weight is 241 g/mol. The summed E-state index contributed by atoms with van der Waals surface area (Å²) >= 11 is 0. The fourth-order valence-electron chi connectivity index (χ4n) is 2.41. The molecular weight excluding hydrogens is 222 g/mol. The number of piperidine rings is 1. The van der Waals surface area contributed by atoms with Crippen LogP contribution in [0.15, 0.2) is 30.3 Å². The van der Waals surface area contributed by atoms with Crippen molar-refractivity contribution in [3.63, 3.8) is 0 Å². The number of hydrogen-bond acceptors (Lipinski definition) is 2. The van der Waals surface area contributed by atoms with Crippen LogP contribution in [-0.4, -0.2) is 30.3 Å². The molecule has 1 aliphatic rings. The lowest BCUT2D eigenvalue weighted by molar-refractivity contribution is -0.109. The van der Waals surface area contributed by atoms with Crippen molar-refractivity contribution >= 4 is 6.29 Å². The lowest BCUT2D eigenvalue weighted by atomic mass is 10.00. The quantitative estimate of drug-likeness (QED) is 0.598. The standard InChI is InChI=1S/C16H19NO/c18-14-11-16-10-4-5-12-17(16)13-6-9-15-7-2-1-3-8-15/h1-3,7-8,14,16H,4-5,10-13H2/t16-/m0/s1. The number of aldehydes is 1. The van der Waals surface area contributed by atoms with Crippen LogP contribution in [0.3, 0.4) is 0 Å². The van der Waals surface area contributed by atoms with Crippen molar-refractivity contribution in [1.82, 2.24) is 4.90 Å². The van der Waals surface area contributed by atoms with Gasteiger partial charge in [0.15, 0.2) is 0 Å². The summed E-state index contributed by atoms with van der Waals surface area (Å²) in [6.07, 6.45) is 5.27. The summed E-state index contributed by atoms with van der Waals surface area (Å²) in [5, 5.41) is 0. The summed E-state index contributed by atoms with van der Waals surface area (Å²) in [6.45, 7) is 1.84. The first-order chi connectivity index (χ1) is 8.90. The van der Waals surface area contributed by atoms with Crippen molar-refractivity contribution in [2.75, 3.05) is 13.1 Å². The van der Waals surface area contributed by atoms with Crippen LogP contribution in [0.25, 0.3) is 0 Å². The lowest BCUT2D eigenvalue weighted by Gasteiger charge is -2.33. The Bertz CT molecular complexity index is 429. The molecule has 1 aromatic rings. The topological polar surface area (TPSA) is 20.3 Å². The molecule has 0 N–H and O–H groups in total. The van der Waals surface area contributed by atoms with E-state index in [4.69, 9.17) is 0 Å². The maximum absolute atomic E-state index is 10.7. The molecule has 1 saturated heterocycles. The van der Waals surface area contributed by atoms with Crippen molar-refractivity contribution in [2.24, 2.45) is 0 Å². The molecule has 0 radical (unpaired) electrons. The van der Waals surface area contributed by atoms with Gasteiger partial charge in [-0.2, -0.15) is 0 Å². The van der Waals surface area contributed by atoms with Crippen LogP contribution < -0.4 is 0 Å². The Morgan fingerprint density at radius 3 is 2.89 bits per heavy atom. The molecule has 1 aliphatic heterocycles. The van der Waals surface area contributed by atoms with Gasteiger partial charge in [0.2, 0.25) is 0 Å².